The number of hydrogen-bond donors (Lipinski definition) is 0. The normalized spacial score (nSPS) is 24.2. The minimum Gasteiger partial charge on any atom is -0.357 e. The van der Waals surface area contributed by atoms with Gasteiger partial charge >= 0.3 is 0 Å². The first kappa shape index (κ1) is 7.86. The zero-order valence-electron chi connectivity index (χ0n) is 6.94. The van der Waals surface area contributed by atoms with E-state index >= 15 is 0 Å². The van der Waals surface area contributed by atoms with Crippen molar-refractivity contribution in [2.75, 3.05) is 6.61 Å². The molecule has 1 aromatic rings. The van der Waals surface area contributed by atoms with Crippen LogP contribution in [0.2, 0.25) is 0 Å². The van der Waals surface area contributed by atoms with Gasteiger partial charge in [0, 0.05) is 19.0 Å². The third-order valence-electron chi connectivity index (χ3n) is 2.07. The molecule has 12 heavy (non-hydrogen) atoms. The summed E-state index contributed by atoms with van der Waals surface area (Å²) >= 11 is 0. The second-order valence-corrected chi connectivity index (χ2v) is 3.07. The van der Waals surface area contributed by atoms with E-state index in [-0.39, 0.29) is 6.23 Å². The van der Waals surface area contributed by atoms with Gasteiger partial charge in [0.1, 0.15) is 14.1 Å². The second-order valence-electron chi connectivity index (χ2n) is 3.07. The molecule has 0 spiro atoms. The van der Waals surface area contributed by atoms with E-state index in [1.807, 2.05) is 6.20 Å². The van der Waals surface area contributed by atoms with Gasteiger partial charge in [-0.3, -0.25) is 0 Å². The van der Waals surface area contributed by atoms with Crippen LogP contribution in [0.25, 0.3) is 0 Å². The molecule has 4 heteroatoms. The third kappa shape index (κ3) is 1.53. The smallest absolute Gasteiger partial charge is 0.150 e. The molecule has 1 saturated heterocycles. The third-order valence-corrected chi connectivity index (χ3v) is 2.07. The molecule has 0 bridgehead atoms. The maximum atomic E-state index is 5.55. The number of rotatable bonds is 1. The van der Waals surface area contributed by atoms with Gasteiger partial charge in [-0.15, -0.1) is 0 Å². The summed E-state index contributed by atoms with van der Waals surface area (Å²) < 4.78 is 7.32. The van der Waals surface area contributed by atoms with E-state index in [4.69, 9.17) is 12.6 Å². The van der Waals surface area contributed by atoms with E-state index in [1.165, 1.54) is 6.42 Å². The van der Waals surface area contributed by atoms with Gasteiger partial charge in [0.25, 0.3) is 0 Å². The topological polar surface area (TPSA) is 27.1 Å². The molecule has 0 saturated carbocycles. The van der Waals surface area contributed by atoms with Crippen LogP contribution in [0.4, 0.5) is 0 Å². The van der Waals surface area contributed by atoms with Gasteiger partial charge in [-0.05, 0) is 19.3 Å². The van der Waals surface area contributed by atoms with Crippen LogP contribution < -0.4 is 5.46 Å². The summed E-state index contributed by atoms with van der Waals surface area (Å²) in [7, 11) is 5.55. The average Bonchev–Trinajstić information content (AvgIpc) is 2.54. The Labute approximate surface area is 73.1 Å². The monoisotopic (exact) mass is 162 g/mol. The predicted octanol–water partition coefficient (Wildman–Crippen LogP) is 0.376. The summed E-state index contributed by atoms with van der Waals surface area (Å²) in [5.74, 6) is 0. The fourth-order valence-electron chi connectivity index (χ4n) is 1.44. The maximum absolute atomic E-state index is 5.55. The van der Waals surface area contributed by atoms with Crippen molar-refractivity contribution in [1.82, 2.24) is 9.78 Å². The van der Waals surface area contributed by atoms with Crippen molar-refractivity contribution in [3.05, 3.63) is 12.4 Å². The lowest BCUT2D eigenvalue weighted by atomic mass is 10.0. The molecule has 2 heterocycles. The van der Waals surface area contributed by atoms with E-state index in [2.05, 4.69) is 5.10 Å². The van der Waals surface area contributed by atoms with Gasteiger partial charge in [0.2, 0.25) is 0 Å². The molecule has 3 nitrogen and oxygen atoms in total. The molecular formula is C8H11BN2O. The summed E-state index contributed by atoms with van der Waals surface area (Å²) in [6.07, 6.45) is 6.99. The molecule has 0 amide bonds. The molecule has 1 aliphatic rings. The van der Waals surface area contributed by atoms with E-state index in [0.29, 0.717) is 5.46 Å². The van der Waals surface area contributed by atoms with Crippen LogP contribution in [0.15, 0.2) is 12.4 Å². The van der Waals surface area contributed by atoms with Gasteiger partial charge < -0.3 is 4.74 Å². The van der Waals surface area contributed by atoms with Gasteiger partial charge in [-0.1, -0.05) is 5.46 Å². The van der Waals surface area contributed by atoms with Crippen molar-refractivity contribution in [2.24, 2.45) is 0 Å². The Hall–Kier alpha value is -0.765. The van der Waals surface area contributed by atoms with Crippen LogP contribution in [-0.2, 0) is 4.74 Å². The van der Waals surface area contributed by atoms with Crippen LogP contribution in [0, 0.1) is 0 Å². The van der Waals surface area contributed by atoms with Gasteiger partial charge in [0.15, 0.2) is 0 Å². The standard InChI is InChI=1S/C8H11BN2O/c9-7-5-10-11(6-7)8-3-1-2-4-12-8/h5-6,8H,1-4H2. The van der Waals surface area contributed by atoms with Crippen molar-refractivity contribution in [2.45, 2.75) is 25.5 Å². The Morgan fingerprint density at radius 2 is 2.50 bits per heavy atom. The largest absolute Gasteiger partial charge is 0.357 e. The van der Waals surface area contributed by atoms with Crippen LogP contribution in [0.3, 0.4) is 0 Å². The molecule has 0 aromatic carbocycles. The Morgan fingerprint density at radius 3 is 3.08 bits per heavy atom. The van der Waals surface area contributed by atoms with Crippen LogP contribution in [0.1, 0.15) is 25.5 Å². The van der Waals surface area contributed by atoms with Gasteiger partial charge in [0.05, 0.1) is 0 Å². The van der Waals surface area contributed by atoms with Gasteiger partial charge in [-0.2, -0.15) is 5.10 Å². The summed E-state index contributed by atoms with van der Waals surface area (Å²) in [6.45, 7) is 0.838. The van der Waals surface area contributed by atoms with E-state index < -0.39 is 0 Å². The Bertz CT molecular complexity index is 255. The molecule has 1 aliphatic heterocycles. The summed E-state index contributed by atoms with van der Waals surface area (Å²) in [4.78, 5) is 0. The summed E-state index contributed by atoms with van der Waals surface area (Å²) in [5.41, 5.74) is 0.698. The van der Waals surface area contributed by atoms with E-state index in [1.54, 1.807) is 10.9 Å². The second kappa shape index (κ2) is 3.31. The lowest BCUT2D eigenvalue weighted by molar-refractivity contribution is -0.0394. The molecule has 1 fully saturated rings. The SMILES string of the molecule is [B]c1cnn(C2CCCCO2)c1. The minimum absolute atomic E-state index is 0.107. The number of ether oxygens (including phenoxy) is 1. The lowest BCUT2D eigenvalue weighted by Gasteiger charge is -2.22. The molecule has 2 rings (SSSR count). The van der Waals surface area contributed by atoms with Crippen molar-refractivity contribution in [3.63, 3.8) is 0 Å². The highest BCUT2D eigenvalue weighted by atomic mass is 16.5. The average molecular weight is 162 g/mol. The Morgan fingerprint density at radius 1 is 1.58 bits per heavy atom. The van der Waals surface area contributed by atoms with Crippen LogP contribution >= 0.6 is 0 Å². The summed E-state index contributed by atoms with van der Waals surface area (Å²) in [5, 5.41) is 4.11. The van der Waals surface area contributed by atoms with Crippen molar-refractivity contribution < 1.29 is 4.74 Å². The number of nitrogens with zero attached hydrogens (tertiary/aromatic N) is 2. The van der Waals surface area contributed by atoms with E-state index in [0.717, 1.165) is 19.4 Å². The first-order valence-electron chi connectivity index (χ1n) is 4.27. The van der Waals surface area contributed by atoms with Gasteiger partial charge in [-0.25, -0.2) is 4.68 Å². The maximum Gasteiger partial charge on any atom is 0.150 e. The molecule has 0 N–H and O–H groups in total. The highest BCUT2D eigenvalue weighted by molar-refractivity contribution is 6.31. The first-order chi connectivity index (χ1) is 5.86. The van der Waals surface area contributed by atoms with E-state index in [9.17, 15) is 0 Å². The summed E-state index contributed by atoms with van der Waals surface area (Å²) in [6, 6.07) is 0. The minimum atomic E-state index is 0.107. The molecule has 1 atom stereocenters. The zero-order chi connectivity index (χ0) is 8.39. The molecule has 62 valence electrons. The van der Waals surface area contributed by atoms with Crippen molar-refractivity contribution in [3.8, 4) is 0 Å². The van der Waals surface area contributed by atoms with Crippen molar-refractivity contribution in [1.29, 1.82) is 0 Å². The highest BCUT2D eigenvalue weighted by Crippen LogP contribution is 2.20. The predicted molar refractivity (Wildman–Crippen MR) is 46.5 cm³/mol. The molecule has 1 aromatic heterocycles. The molecule has 1 unspecified atom stereocenters. The fraction of sp³-hybridized carbons (Fsp3) is 0.625. The zero-order valence-corrected chi connectivity index (χ0v) is 6.94. The number of aromatic nitrogens is 2. The highest BCUT2D eigenvalue weighted by Gasteiger charge is 2.15. The quantitative estimate of drug-likeness (QED) is 0.558. The molecular weight excluding hydrogens is 151 g/mol. The van der Waals surface area contributed by atoms with Crippen LogP contribution in [-0.4, -0.2) is 24.2 Å². The van der Waals surface area contributed by atoms with Crippen LogP contribution in [0.5, 0.6) is 0 Å². The van der Waals surface area contributed by atoms with Crippen molar-refractivity contribution >= 4 is 13.3 Å². The molecule has 0 aliphatic carbocycles. The molecule has 2 radical (unpaired) electrons. The first-order valence-corrected chi connectivity index (χ1v) is 4.27. The Kier molecular flexibility index (Phi) is 2.17. The Balaban J connectivity index is 2.08. The lowest BCUT2D eigenvalue weighted by Crippen LogP contribution is -2.18. The number of hydrogen-bond acceptors (Lipinski definition) is 2. The fourth-order valence-corrected chi connectivity index (χ4v) is 1.44.